The highest BCUT2D eigenvalue weighted by molar-refractivity contribution is 7.19. The number of methoxy groups -OCH3 is 1. The molecule has 0 aliphatic heterocycles. The van der Waals surface area contributed by atoms with Crippen LogP contribution in [0.1, 0.15) is 4.88 Å². The molecule has 0 spiro atoms. The summed E-state index contributed by atoms with van der Waals surface area (Å²) < 4.78 is 11.7. The first-order valence-corrected chi connectivity index (χ1v) is 9.72. The molecule has 0 radical (unpaired) electrons. The first-order valence-electron chi connectivity index (χ1n) is 8.91. The Kier molecular flexibility index (Phi) is 6.48. The van der Waals surface area contributed by atoms with Gasteiger partial charge in [0.2, 0.25) is 5.95 Å². The summed E-state index contributed by atoms with van der Waals surface area (Å²) in [6, 6.07) is 5.18. The maximum Gasteiger partial charge on any atom is 0.341 e. The van der Waals surface area contributed by atoms with Crippen molar-refractivity contribution in [2.24, 2.45) is 0 Å². The summed E-state index contributed by atoms with van der Waals surface area (Å²) in [5.74, 6) is 0.266. The second-order valence-electron chi connectivity index (χ2n) is 6.14. The van der Waals surface area contributed by atoms with Crippen LogP contribution >= 0.6 is 11.3 Å². The van der Waals surface area contributed by atoms with Crippen molar-refractivity contribution in [2.75, 3.05) is 26.1 Å². The van der Waals surface area contributed by atoms with Crippen LogP contribution in [0.25, 0.3) is 21.3 Å². The largest absolute Gasteiger partial charge is 0.496 e. The van der Waals surface area contributed by atoms with Crippen molar-refractivity contribution in [3.05, 3.63) is 41.2 Å². The van der Waals surface area contributed by atoms with Crippen molar-refractivity contribution in [3.63, 3.8) is 0 Å². The van der Waals surface area contributed by atoms with Crippen molar-refractivity contribution in [3.8, 4) is 22.6 Å². The molecule has 3 aromatic rings. The molecule has 0 amide bonds. The summed E-state index contributed by atoms with van der Waals surface area (Å²) in [5, 5.41) is 22.1. The number of allylic oxidation sites excluding steroid dienone is 1. The predicted molar refractivity (Wildman–Crippen MR) is 117 cm³/mol. The molecule has 2 heterocycles. The Labute approximate surface area is 176 Å². The number of thiophene rings is 1. The van der Waals surface area contributed by atoms with E-state index >= 15 is 0 Å². The minimum atomic E-state index is -1.05. The van der Waals surface area contributed by atoms with Crippen molar-refractivity contribution < 1.29 is 19.4 Å². The van der Waals surface area contributed by atoms with Crippen molar-refractivity contribution in [1.29, 1.82) is 5.41 Å². The molecule has 156 valence electrons. The van der Waals surface area contributed by atoms with Gasteiger partial charge in [-0.05, 0) is 19.1 Å². The molecule has 0 aliphatic carbocycles. The second kappa shape index (κ2) is 9.23. The molecular weight excluding hydrogens is 406 g/mol. The van der Waals surface area contributed by atoms with E-state index in [0.717, 1.165) is 26.2 Å². The molecule has 0 saturated heterocycles. The Morgan fingerprint density at radius 2 is 2.20 bits per heavy atom. The van der Waals surface area contributed by atoms with Gasteiger partial charge in [-0.2, -0.15) is 0 Å². The van der Waals surface area contributed by atoms with Crippen molar-refractivity contribution in [2.45, 2.75) is 6.92 Å². The Morgan fingerprint density at radius 1 is 1.40 bits per heavy atom. The number of benzene rings is 1. The maximum absolute atomic E-state index is 10.7. The van der Waals surface area contributed by atoms with Gasteiger partial charge in [0.15, 0.2) is 6.61 Å². The Hall–Kier alpha value is -3.66. The molecule has 1 aromatic carbocycles. The molecule has 0 atom stereocenters. The maximum atomic E-state index is 10.7. The first kappa shape index (κ1) is 21.1. The number of aliphatic carboxylic acids is 1. The van der Waals surface area contributed by atoms with Crippen LogP contribution in [-0.2, 0) is 4.79 Å². The number of nitrogens with one attached hydrogen (secondary N) is 3. The van der Waals surface area contributed by atoms with Gasteiger partial charge in [-0.15, -0.1) is 11.3 Å². The van der Waals surface area contributed by atoms with Crippen LogP contribution in [0.5, 0.6) is 11.5 Å². The van der Waals surface area contributed by atoms with E-state index in [1.54, 1.807) is 50.0 Å². The van der Waals surface area contributed by atoms with E-state index in [2.05, 4.69) is 20.6 Å². The monoisotopic (exact) mass is 427 g/mol. The van der Waals surface area contributed by atoms with Crippen molar-refractivity contribution >= 4 is 39.7 Å². The lowest BCUT2D eigenvalue weighted by Gasteiger charge is -2.12. The fraction of sp³-hybridized carbons (Fsp3) is 0.200. The normalized spacial score (nSPS) is 11.2. The number of carbonyl (C=O) groups is 1. The molecule has 0 saturated carbocycles. The van der Waals surface area contributed by atoms with Gasteiger partial charge in [-0.25, -0.2) is 14.8 Å². The molecule has 0 unspecified atom stereocenters. The quantitative estimate of drug-likeness (QED) is 0.383. The molecule has 10 heteroatoms. The van der Waals surface area contributed by atoms with E-state index < -0.39 is 12.6 Å². The summed E-state index contributed by atoms with van der Waals surface area (Å²) in [4.78, 5) is 20.8. The number of nitrogens with zero attached hydrogens (tertiary/aromatic N) is 2. The summed E-state index contributed by atoms with van der Waals surface area (Å²) in [6.07, 6.45) is 4.55. The number of carboxylic acid groups (broad SMARTS) is 1. The molecular formula is C20H21N5O4S. The van der Waals surface area contributed by atoms with Gasteiger partial charge in [0.1, 0.15) is 11.5 Å². The Balaban J connectivity index is 2.05. The molecule has 3 rings (SSSR count). The average molecular weight is 427 g/mol. The van der Waals surface area contributed by atoms with E-state index in [-0.39, 0.29) is 0 Å². The van der Waals surface area contributed by atoms with Gasteiger partial charge in [-0.3, -0.25) is 0 Å². The average Bonchev–Trinajstić information content (AvgIpc) is 3.06. The fourth-order valence-electron chi connectivity index (χ4n) is 2.90. The molecule has 0 aliphatic rings. The number of aryl methyl sites for hydroxylation is 1. The van der Waals surface area contributed by atoms with Crippen LogP contribution in [0.2, 0.25) is 0 Å². The summed E-state index contributed by atoms with van der Waals surface area (Å²) in [7, 11) is 3.29. The topological polar surface area (TPSA) is 129 Å². The van der Waals surface area contributed by atoms with E-state index in [4.69, 9.17) is 20.0 Å². The number of anilines is 1. The van der Waals surface area contributed by atoms with Gasteiger partial charge in [-0.1, -0.05) is 0 Å². The van der Waals surface area contributed by atoms with Crippen LogP contribution in [0.3, 0.4) is 0 Å². The van der Waals surface area contributed by atoms with E-state index in [1.165, 1.54) is 6.21 Å². The number of hydrogen-bond acceptors (Lipinski definition) is 9. The lowest BCUT2D eigenvalue weighted by Crippen LogP contribution is -2.09. The number of carboxylic acids is 1. The lowest BCUT2D eigenvalue weighted by molar-refractivity contribution is -0.139. The number of rotatable bonds is 9. The minimum absolute atomic E-state index is 0.368. The number of hydrogen-bond donors (Lipinski definition) is 4. The highest BCUT2D eigenvalue weighted by Gasteiger charge is 2.18. The van der Waals surface area contributed by atoms with Gasteiger partial charge < -0.3 is 30.6 Å². The highest BCUT2D eigenvalue weighted by Crippen LogP contribution is 2.42. The summed E-state index contributed by atoms with van der Waals surface area (Å²) in [5.41, 5.74) is 2.98. The zero-order valence-corrected chi connectivity index (χ0v) is 17.5. The predicted octanol–water partition coefficient (Wildman–Crippen LogP) is 3.26. The zero-order valence-electron chi connectivity index (χ0n) is 16.6. The van der Waals surface area contributed by atoms with Crippen LogP contribution in [0.4, 0.5) is 5.95 Å². The molecule has 9 nitrogen and oxygen atoms in total. The third-order valence-corrected chi connectivity index (χ3v) is 5.15. The highest BCUT2D eigenvalue weighted by atomic mass is 32.1. The molecule has 0 bridgehead atoms. The van der Waals surface area contributed by atoms with Gasteiger partial charge >= 0.3 is 5.97 Å². The van der Waals surface area contributed by atoms with E-state index in [1.807, 2.05) is 13.0 Å². The standard InChI is InChI=1S/C20H21N5O4S/c1-11-18(14-5-4-13(6-15(14)28-3)29-10-17(26)27)19-16(30-11)9-23-20(25-19)24-12(7-21)8-22-2/h4-9,21-22H,10H2,1-3H3,(H,26,27)(H,23,24,25)/b12-8+,21-7?. The van der Waals surface area contributed by atoms with E-state index in [0.29, 0.717) is 23.1 Å². The second-order valence-corrected chi connectivity index (χ2v) is 7.40. The smallest absolute Gasteiger partial charge is 0.341 e. The lowest BCUT2D eigenvalue weighted by atomic mass is 10.0. The number of aromatic nitrogens is 2. The van der Waals surface area contributed by atoms with Crippen LogP contribution in [-0.4, -0.2) is 48.0 Å². The van der Waals surface area contributed by atoms with Crippen LogP contribution in [0, 0.1) is 12.3 Å². The Morgan fingerprint density at radius 3 is 2.87 bits per heavy atom. The zero-order chi connectivity index (χ0) is 21.7. The third kappa shape index (κ3) is 4.49. The molecule has 30 heavy (non-hydrogen) atoms. The minimum Gasteiger partial charge on any atom is -0.496 e. The van der Waals surface area contributed by atoms with Crippen LogP contribution < -0.4 is 20.1 Å². The Bertz CT molecular complexity index is 1130. The van der Waals surface area contributed by atoms with Gasteiger partial charge in [0, 0.05) is 41.5 Å². The van der Waals surface area contributed by atoms with Gasteiger partial charge in [0.05, 0.1) is 29.2 Å². The summed E-state index contributed by atoms with van der Waals surface area (Å²) in [6.45, 7) is 1.56. The summed E-state index contributed by atoms with van der Waals surface area (Å²) >= 11 is 1.57. The third-order valence-electron chi connectivity index (χ3n) is 4.12. The molecule has 2 aromatic heterocycles. The number of ether oxygens (including phenoxy) is 2. The first-order chi connectivity index (χ1) is 14.5. The SMILES string of the molecule is CN/C=C(\C=N)Nc1ncc2sc(C)c(-c3ccc(OCC(=O)O)cc3OC)c2n1. The van der Waals surface area contributed by atoms with Gasteiger partial charge in [0.25, 0.3) is 0 Å². The van der Waals surface area contributed by atoms with Crippen LogP contribution in [0.15, 0.2) is 36.3 Å². The molecule has 4 N–H and O–H groups in total. The van der Waals surface area contributed by atoms with E-state index in [9.17, 15) is 4.79 Å². The fourth-order valence-corrected chi connectivity index (χ4v) is 3.88. The van der Waals surface area contributed by atoms with Crippen molar-refractivity contribution in [1.82, 2.24) is 15.3 Å². The molecule has 0 fully saturated rings. The number of fused-ring (bicyclic) bond motifs is 1.